The Morgan fingerprint density at radius 2 is 2.33 bits per heavy atom. The zero-order valence-electron chi connectivity index (χ0n) is 8.66. The number of nitrogens with two attached hydrogens (primary N) is 1. The molecule has 0 saturated carbocycles. The highest BCUT2D eigenvalue weighted by molar-refractivity contribution is 5.92. The number of rotatable bonds is 6. The quantitative estimate of drug-likeness (QED) is 0.532. The first kappa shape index (κ1) is 11.5. The van der Waals surface area contributed by atoms with E-state index in [-0.39, 0.29) is 18.0 Å². The number of nitrogen functional groups attached to an aromatic ring is 1. The van der Waals surface area contributed by atoms with Crippen molar-refractivity contribution in [2.75, 3.05) is 25.6 Å². The molecular formula is C9H15N3O3. The number of carbonyl (C=O) groups excluding carboxylic acids is 1. The molecule has 6 nitrogen and oxygen atoms in total. The molecule has 0 radical (unpaired) electrons. The number of esters is 1. The molecule has 0 aliphatic carbocycles. The van der Waals surface area contributed by atoms with Gasteiger partial charge in [-0.05, 0) is 6.42 Å². The van der Waals surface area contributed by atoms with Crippen LogP contribution in [-0.4, -0.2) is 36.0 Å². The summed E-state index contributed by atoms with van der Waals surface area (Å²) in [7, 11) is 0. The average molecular weight is 213 g/mol. The minimum Gasteiger partial charge on any atom is -0.458 e. The second-order valence-corrected chi connectivity index (χ2v) is 2.95. The van der Waals surface area contributed by atoms with Gasteiger partial charge in [-0.15, -0.1) is 0 Å². The van der Waals surface area contributed by atoms with Gasteiger partial charge in [-0.1, -0.05) is 6.92 Å². The Morgan fingerprint density at radius 3 is 2.93 bits per heavy atom. The van der Waals surface area contributed by atoms with Crippen molar-refractivity contribution in [1.29, 1.82) is 0 Å². The fourth-order valence-electron chi connectivity index (χ4n) is 0.971. The molecule has 0 aliphatic heterocycles. The number of anilines is 1. The lowest BCUT2D eigenvalue weighted by atomic mass is 10.4. The zero-order valence-corrected chi connectivity index (χ0v) is 8.66. The van der Waals surface area contributed by atoms with Crippen molar-refractivity contribution in [3.63, 3.8) is 0 Å². The molecule has 0 amide bonds. The third kappa shape index (κ3) is 3.59. The van der Waals surface area contributed by atoms with Gasteiger partial charge in [0.25, 0.3) is 0 Å². The van der Waals surface area contributed by atoms with E-state index in [2.05, 4.69) is 10.2 Å². The summed E-state index contributed by atoms with van der Waals surface area (Å²) in [5, 5.41) is 6.09. The van der Waals surface area contributed by atoms with Crippen LogP contribution in [0, 0.1) is 0 Å². The topological polar surface area (TPSA) is 90.2 Å². The smallest absolute Gasteiger partial charge is 0.358 e. The molecule has 0 spiro atoms. The van der Waals surface area contributed by atoms with Crippen LogP contribution in [-0.2, 0) is 9.47 Å². The highest BCUT2D eigenvalue weighted by Gasteiger charge is 2.12. The molecule has 0 saturated heterocycles. The van der Waals surface area contributed by atoms with Crippen LogP contribution in [0.1, 0.15) is 23.8 Å². The first-order valence-corrected chi connectivity index (χ1v) is 4.79. The van der Waals surface area contributed by atoms with E-state index in [0.29, 0.717) is 13.2 Å². The van der Waals surface area contributed by atoms with E-state index in [1.165, 1.54) is 6.20 Å². The summed E-state index contributed by atoms with van der Waals surface area (Å²) in [5.74, 6) is -0.509. The Bertz CT molecular complexity index is 311. The Balaban J connectivity index is 2.22. The van der Waals surface area contributed by atoms with Crippen molar-refractivity contribution in [2.45, 2.75) is 13.3 Å². The zero-order chi connectivity index (χ0) is 11.1. The van der Waals surface area contributed by atoms with Crippen LogP contribution < -0.4 is 5.73 Å². The summed E-state index contributed by atoms with van der Waals surface area (Å²) in [6, 6.07) is 0. The van der Waals surface area contributed by atoms with E-state index in [1.54, 1.807) is 0 Å². The minimum atomic E-state index is -0.509. The average Bonchev–Trinajstić information content (AvgIpc) is 2.64. The maximum Gasteiger partial charge on any atom is 0.358 e. The SMILES string of the molecule is CCCOCCOC(=O)c1[nH]ncc1N. The van der Waals surface area contributed by atoms with Crippen molar-refractivity contribution in [2.24, 2.45) is 0 Å². The number of carbonyl (C=O) groups is 1. The van der Waals surface area contributed by atoms with Crippen molar-refractivity contribution in [3.8, 4) is 0 Å². The fraction of sp³-hybridized carbons (Fsp3) is 0.556. The highest BCUT2D eigenvalue weighted by Crippen LogP contribution is 2.06. The summed E-state index contributed by atoms with van der Waals surface area (Å²) in [6.45, 7) is 3.30. The van der Waals surface area contributed by atoms with Crippen LogP contribution in [0.3, 0.4) is 0 Å². The molecule has 84 valence electrons. The third-order valence-electron chi connectivity index (χ3n) is 1.68. The van der Waals surface area contributed by atoms with Gasteiger partial charge in [0.05, 0.1) is 18.5 Å². The summed E-state index contributed by atoms with van der Waals surface area (Å²) < 4.78 is 10.0. The Hall–Kier alpha value is -1.56. The van der Waals surface area contributed by atoms with E-state index in [4.69, 9.17) is 15.2 Å². The molecule has 0 atom stereocenters. The van der Waals surface area contributed by atoms with E-state index in [1.807, 2.05) is 6.92 Å². The van der Waals surface area contributed by atoms with Gasteiger partial charge < -0.3 is 15.2 Å². The van der Waals surface area contributed by atoms with Crippen LogP contribution in [0.25, 0.3) is 0 Å². The molecule has 1 aromatic rings. The second-order valence-electron chi connectivity index (χ2n) is 2.95. The van der Waals surface area contributed by atoms with Crippen molar-refractivity contribution in [3.05, 3.63) is 11.9 Å². The lowest BCUT2D eigenvalue weighted by molar-refractivity contribution is 0.0314. The molecule has 1 rings (SSSR count). The molecule has 6 heteroatoms. The standard InChI is InChI=1S/C9H15N3O3/c1-2-3-14-4-5-15-9(13)8-7(10)6-11-12-8/h6H,2-5,10H2,1H3,(H,11,12). The van der Waals surface area contributed by atoms with Gasteiger partial charge in [0, 0.05) is 6.61 Å². The number of H-pyrrole nitrogens is 1. The van der Waals surface area contributed by atoms with Crippen molar-refractivity contribution in [1.82, 2.24) is 10.2 Å². The molecule has 15 heavy (non-hydrogen) atoms. The summed E-state index contributed by atoms with van der Waals surface area (Å²) in [4.78, 5) is 11.3. The largest absolute Gasteiger partial charge is 0.458 e. The van der Waals surface area contributed by atoms with Crippen LogP contribution >= 0.6 is 0 Å². The first-order valence-electron chi connectivity index (χ1n) is 4.79. The van der Waals surface area contributed by atoms with Gasteiger partial charge in [0.2, 0.25) is 0 Å². The van der Waals surface area contributed by atoms with Gasteiger partial charge in [-0.2, -0.15) is 5.10 Å². The fourth-order valence-corrected chi connectivity index (χ4v) is 0.971. The number of aromatic amines is 1. The van der Waals surface area contributed by atoms with E-state index < -0.39 is 5.97 Å². The number of aromatic nitrogens is 2. The number of ether oxygens (including phenoxy) is 2. The first-order chi connectivity index (χ1) is 7.25. The van der Waals surface area contributed by atoms with E-state index in [0.717, 1.165) is 6.42 Å². The molecule has 0 unspecified atom stereocenters. The maximum atomic E-state index is 11.3. The lowest BCUT2D eigenvalue weighted by Crippen LogP contribution is -2.12. The van der Waals surface area contributed by atoms with Gasteiger partial charge in [0.15, 0.2) is 5.69 Å². The number of hydrogen-bond acceptors (Lipinski definition) is 5. The highest BCUT2D eigenvalue weighted by atomic mass is 16.6. The van der Waals surface area contributed by atoms with Gasteiger partial charge in [0.1, 0.15) is 6.61 Å². The summed E-state index contributed by atoms with van der Waals surface area (Å²) >= 11 is 0. The summed E-state index contributed by atoms with van der Waals surface area (Å²) in [5.41, 5.74) is 5.94. The Morgan fingerprint density at radius 1 is 1.53 bits per heavy atom. The third-order valence-corrected chi connectivity index (χ3v) is 1.68. The second kappa shape index (κ2) is 6.02. The predicted octanol–water partition coefficient (Wildman–Crippen LogP) is 0.575. The minimum absolute atomic E-state index is 0.186. The molecule has 3 N–H and O–H groups in total. The Kier molecular flexibility index (Phi) is 4.62. The number of hydrogen-bond donors (Lipinski definition) is 2. The molecule has 0 bridgehead atoms. The predicted molar refractivity (Wildman–Crippen MR) is 54.4 cm³/mol. The number of nitrogens with zero attached hydrogens (tertiary/aromatic N) is 1. The van der Waals surface area contributed by atoms with Crippen LogP contribution in [0.15, 0.2) is 6.20 Å². The normalized spacial score (nSPS) is 10.2. The van der Waals surface area contributed by atoms with E-state index in [9.17, 15) is 4.79 Å². The molecule has 1 aromatic heterocycles. The lowest BCUT2D eigenvalue weighted by Gasteiger charge is -2.04. The van der Waals surface area contributed by atoms with Crippen LogP contribution in [0.5, 0.6) is 0 Å². The van der Waals surface area contributed by atoms with Crippen LogP contribution in [0.2, 0.25) is 0 Å². The molecule has 0 fully saturated rings. The van der Waals surface area contributed by atoms with Crippen molar-refractivity contribution >= 4 is 11.7 Å². The monoisotopic (exact) mass is 213 g/mol. The van der Waals surface area contributed by atoms with E-state index >= 15 is 0 Å². The van der Waals surface area contributed by atoms with Crippen molar-refractivity contribution < 1.29 is 14.3 Å². The summed E-state index contributed by atoms with van der Waals surface area (Å²) in [6.07, 6.45) is 2.31. The number of nitrogens with one attached hydrogen (secondary N) is 1. The Labute approximate surface area is 87.7 Å². The van der Waals surface area contributed by atoms with Gasteiger partial charge >= 0.3 is 5.97 Å². The molecule has 0 aromatic carbocycles. The molecular weight excluding hydrogens is 198 g/mol. The van der Waals surface area contributed by atoms with Crippen LogP contribution in [0.4, 0.5) is 5.69 Å². The molecule has 0 aliphatic rings. The van der Waals surface area contributed by atoms with Gasteiger partial charge in [-0.25, -0.2) is 4.79 Å². The maximum absolute atomic E-state index is 11.3. The van der Waals surface area contributed by atoms with Gasteiger partial charge in [-0.3, -0.25) is 5.10 Å². The molecule has 1 heterocycles.